The van der Waals surface area contributed by atoms with Crippen LogP contribution in [0.15, 0.2) is 18.2 Å². The van der Waals surface area contributed by atoms with E-state index < -0.39 is 0 Å². The minimum atomic E-state index is 0.583. The van der Waals surface area contributed by atoms with Crippen LogP contribution < -0.4 is 4.74 Å². The fraction of sp³-hybridized carbons (Fsp3) is 0.533. The van der Waals surface area contributed by atoms with Gasteiger partial charge in [-0.3, -0.25) is 0 Å². The van der Waals surface area contributed by atoms with Gasteiger partial charge in [0, 0.05) is 18.8 Å². The second-order valence-corrected chi connectivity index (χ2v) is 5.48. The molecule has 4 nitrogen and oxygen atoms in total. The van der Waals surface area contributed by atoms with Crippen molar-refractivity contribution >= 4 is 22.6 Å². The lowest BCUT2D eigenvalue weighted by molar-refractivity contribution is 0.386. The van der Waals surface area contributed by atoms with Gasteiger partial charge in [-0.15, -0.1) is 11.6 Å². The van der Waals surface area contributed by atoms with E-state index in [-0.39, 0.29) is 0 Å². The van der Waals surface area contributed by atoms with Crippen LogP contribution in [0.25, 0.3) is 11.0 Å². The number of hydrogen-bond donors (Lipinski definition) is 0. The van der Waals surface area contributed by atoms with Crippen molar-refractivity contribution in [2.24, 2.45) is 0 Å². The summed E-state index contributed by atoms with van der Waals surface area (Å²) in [5.41, 5.74) is 2.06. The molecule has 0 aliphatic rings. The van der Waals surface area contributed by atoms with Gasteiger partial charge in [0.1, 0.15) is 17.1 Å². The Morgan fingerprint density at radius 3 is 2.80 bits per heavy atom. The number of halogens is 1. The van der Waals surface area contributed by atoms with Crippen molar-refractivity contribution in [2.45, 2.75) is 19.4 Å². The van der Waals surface area contributed by atoms with Gasteiger partial charge in [0.05, 0.1) is 12.6 Å². The van der Waals surface area contributed by atoms with Gasteiger partial charge in [-0.2, -0.15) is 0 Å². The third-order valence-electron chi connectivity index (χ3n) is 3.35. The average Bonchev–Trinajstić information content (AvgIpc) is 2.77. The number of nitrogens with zero attached hydrogens (tertiary/aromatic N) is 3. The summed E-state index contributed by atoms with van der Waals surface area (Å²) in [5.74, 6) is 2.45. The molecule has 0 bridgehead atoms. The van der Waals surface area contributed by atoms with Crippen LogP contribution in [-0.4, -0.2) is 48.1 Å². The number of methoxy groups -OCH3 is 1. The van der Waals surface area contributed by atoms with Crippen molar-refractivity contribution in [3.8, 4) is 5.75 Å². The lowest BCUT2D eigenvalue weighted by Gasteiger charge is -2.12. The fourth-order valence-electron chi connectivity index (χ4n) is 2.40. The topological polar surface area (TPSA) is 30.3 Å². The Balaban J connectivity index is 2.35. The Kier molecular flexibility index (Phi) is 5.26. The third-order valence-corrected chi connectivity index (χ3v) is 3.53. The molecule has 0 aliphatic carbocycles. The average molecular weight is 296 g/mol. The maximum absolute atomic E-state index is 5.90. The fourth-order valence-corrected chi connectivity index (χ4v) is 2.57. The lowest BCUT2D eigenvalue weighted by Crippen LogP contribution is -2.16. The zero-order valence-electron chi connectivity index (χ0n) is 12.4. The molecule has 0 aliphatic heterocycles. The Hall–Kier alpha value is -1.26. The smallest absolute Gasteiger partial charge is 0.146 e. The van der Waals surface area contributed by atoms with Crippen molar-refractivity contribution < 1.29 is 4.74 Å². The van der Waals surface area contributed by atoms with Crippen LogP contribution in [-0.2, 0) is 13.0 Å². The van der Waals surface area contributed by atoms with Gasteiger partial charge in [-0.05, 0) is 39.2 Å². The predicted octanol–water partition coefficient (Wildman–Crippen LogP) is 2.78. The van der Waals surface area contributed by atoms with Crippen LogP contribution in [0.2, 0.25) is 0 Å². The molecule has 1 heterocycles. The molecule has 1 aromatic carbocycles. The summed E-state index contributed by atoms with van der Waals surface area (Å²) >= 11 is 5.90. The largest absolute Gasteiger partial charge is 0.494 e. The van der Waals surface area contributed by atoms with Crippen LogP contribution in [0.5, 0.6) is 5.75 Å². The summed E-state index contributed by atoms with van der Waals surface area (Å²) in [6.07, 6.45) is 1.87. The van der Waals surface area contributed by atoms with Crippen molar-refractivity contribution in [3.63, 3.8) is 0 Å². The third kappa shape index (κ3) is 3.25. The number of fused-ring (bicyclic) bond motifs is 1. The van der Waals surface area contributed by atoms with E-state index in [1.165, 1.54) is 0 Å². The molecule has 0 spiro atoms. The molecular formula is C15H22ClN3O. The minimum absolute atomic E-state index is 0.583. The first-order valence-corrected chi connectivity index (χ1v) is 7.43. The highest BCUT2D eigenvalue weighted by atomic mass is 35.5. The maximum atomic E-state index is 5.90. The highest BCUT2D eigenvalue weighted by Crippen LogP contribution is 2.26. The number of ether oxygens (including phenoxy) is 1. The molecule has 0 saturated heterocycles. The lowest BCUT2D eigenvalue weighted by atomic mass is 10.3. The minimum Gasteiger partial charge on any atom is -0.494 e. The molecule has 0 fully saturated rings. The SMILES string of the molecule is COc1cccc2c1nc(CCCl)n2CCCN(C)C. The molecule has 2 aromatic rings. The Bertz CT molecular complexity index is 565. The molecule has 2 rings (SSSR count). The van der Waals surface area contributed by atoms with Crippen molar-refractivity contribution in [3.05, 3.63) is 24.0 Å². The Labute approximate surface area is 125 Å². The van der Waals surface area contributed by atoms with Gasteiger partial charge in [0.2, 0.25) is 0 Å². The number of para-hydroxylation sites is 1. The number of hydrogen-bond acceptors (Lipinski definition) is 3. The van der Waals surface area contributed by atoms with Crippen LogP contribution >= 0.6 is 11.6 Å². The van der Waals surface area contributed by atoms with Gasteiger partial charge < -0.3 is 14.2 Å². The molecule has 0 amide bonds. The zero-order chi connectivity index (χ0) is 14.5. The maximum Gasteiger partial charge on any atom is 0.146 e. The molecule has 0 unspecified atom stereocenters. The molecule has 5 heteroatoms. The van der Waals surface area contributed by atoms with E-state index in [1.54, 1.807) is 7.11 Å². The number of rotatable bonds is 7. The van der Waals surface area contributed by atoms with E-state index in [0.29, 0.717) is 5.88 Å². The summed E-state index contributed by atoms with van der Waals surface area (Å²) in [5, 5.41) is 0. The van der Waals surface area contributed by atoms with Gasteiger partial charge in [0.15, 0.2) is 0 Å². The summed E-state index contributed by atoms with van der Waals surface area (Å²) in [6.45, 7) is 2.01. The van der Waals surface area contributed by atoms with E-state index >= 15 is 0 Å². The molecular weight excluding hydrogens is 274 g/mol. The van der Waals surface area contributed by atoms with Crippen LogP contribution in [0.1, 0.15) is 12.2 Å². The molecule has 0 radical (unpaired) electrons. The standard InChI is InChI=1S/C15H22ClN3O/c1-18(2)10-5-11-19-12-6-4-7-13(20-3)15(12)17-14(19)8-9-16/h4,6-7H,5,8-11H2,1-3H3. The van der Waals surface area contributed by atoms with Crippen LogP contribution in [0.3, 0.4) is 0 Å². The summed E-state index contributed by atoms with van der Waals surface area (Å²) in [7, 11) is 5.87. The van der Waals surface area contributed by atoms with E-state index in [0.717, 1.165) is 48.5 Å². The Morgan fingerprint density at radius 1 is 1.35 bits per heavy atom. The van der Waals surface area contributed by atoms with Gasteiger partial charge >= 0.3 is 0 Å². The van der Waals surface area contributed by atoms with Crippen molar-refractivity contribution in [1.29, 1.82) is 0 Å². The van der Waals surface area contributed by atoms with Crippen LogP contribution in [0, 0.1) is 0 Å². The van der Waals surface area contributed by atoms with E-state index in [1.807, 2.05) is 12.1 Å². The second kappa shape index (κ2) is 6.95. The highest BCUT2D eigenvalue weighted by Gasteiger charge is 2.13. The molecule has 0 atom stereocenters. The molecule has 0 N–H and O–H groups in total. The molecule has 0 saturated carbocycles. The molecule has 110 valence electrons. The van der Waals surface area contributed by atoms with E-state index in [2.05, 4.69) is 29.6 Å². The molecule has 1 aromatic heterocycles. The Morgan fingerprint density at radius 2 is 2.15 bits per heavy atom. The number of aromatic nitrogens is 2. The zero-order valence-corrected chi connectivity index (χ0v) is 13.2. The van der Waals surface area contributed by atoms with Crippen LogP contribution in [0.4, 0.5) is 0 Å². The van der Waals surface area contributed by atoms with Crippen molar-refractivity contribution in [1.82, 2.24) is 14.5 Å². The monoisotopic (exact) mass is 295 g/mol. The summed E-state index contributed by atoms with van der Waals surface area (Å²) in [4.78, 5) is 6.91. The number of imidazole rings is 1. The van der Waals surface area contributed by atoms with Gasteiger partial charge in [-0.1, -0.05) is 6.07 Å². The number of aryl methyl sites for hydroxylation is 2. The first kappa shape index (κ1) is 15.1. The van der Waals surface area contributed by atoms with Gasteiger partial charge in [-0.25, -0.2) is 4.98 Å². The first-order valence-electron chi connectivity index (χ1n) is 6.90. The quantitative estimate of drug-likeness (QED) is 0.736. The predicted molar refractivity (Wildman–Crippen MR) is 83.9 cm³/mol. The number of alkyl halides is 1. The second-order valence-electron chi connectivity index (χ2n) is 5.10. The normalized spacial score (nSPS) is 11.4. The number of benzene rings is 1. The van der Waals surface area contributed by atoms with E-state index in [9.17, 15) is 0 Å². The summed E-state index contributed by atoms with van der Waals surface area (Å²) < 4.78 is 7.67. The molecule has 20 heavy (non-hydrogen) atoms. The highest BCUT2D eigenvalue weighted by molar-refractivity contribution is 6.17. The van der Waals surface area contributed by atoms with E-state index in [4.69, 9.17) is 21.3 Å². The summed E-state index contributed by atoms with van der Waals surface area (Å²) in [6, 6.07) is 6.05. The van der Waals surface area contributed by atoms with Crippen molar-refractivity contribution in [2.75, 3.05) is 33.6 Å². The van der Waals surface area contributed by atoms with Gasteiger partial charge in [0.25, 0.3) is 0 Å². The first-order chi connectivity index (χ1) is 9.67.